The molecule has 152 valence electrons. The molecule has 0 bridgehead atoms. The Balaban J connectivity index is 1.49. The normalized spacial score (nSPS) is 11.9. The van der Waals surface area contributed by atoms with Crippen LogP contribution in [0.2, 0.25) is 0 Å². The van der Waals surface area contributed by atoms with Gasteiger partial charge in [-0.15, -0.1) is 0 Å². The second kappa shape index (κ2) is 11.3. The van der Waals surface area contributed by atoms with Crippen molar-refractivity contribution in [3.8, 4) is 5.75 Å². The van der Waals surface area contributed by atoms with Crippen molar-refractivity contribution in [2.24, 2.45) is 0 Å². The van der Waals surface area contributed by atoms with E-state index >= 15 is 0 Å². The van der Waals surface area contributed by atoms with Crippen LogP contribution < -0.4 is 15.4 Å². The second-order valence-corrected chi connectivity index (χ2v) is 7.10. The first-order valence-electron chi connectivity index (χ1n) is 10.1. The van der Waals surface area contributed by atoms with E-state index in [1.54, 1.807) is 19.2 Å². The zero-order chi connectivity index (χ0) is 20.3. The molecule has 0 amide bonds. The van der Waals surface area contributed by atoms with Crippen LogP contribution in [0.5, 0.6) is 5.75 Å². The highest BCUT2D eigenvalue weighted by Gasteiger charge is 2.10. The van der Waals surface area contributed by atoms with E-state index < -0.39 is 0 Å². The number of hydrogen-bond donors (Lipinski definition) is 2. The Morgan fingerprint density at radius 3 is 2.31 bits per heavy atom. The molecule has 3 nitrogen and oxygen atoms in total. The maximum atomic E-state index is 13.4. The molecule has 0 aliphatic carbocycles. The van der Waals surface area contributed by atoms with Crippen LogP contribution in [0.3, 0.4) is 0 Å². The van der Waals surface area contributed by atoms with Gasteiger partial charge in [-0.2, -0.15) is 0 Å². The number of rotatable bonds is 11. The van der Waals surface area contributed by atoms with Gasteiger partial charge in [0, 0.05) is 12.6 Å². The van der Waals surface area contributed by atoms with Gasteiger partial charge in [-0.25, -0.2) is 4.39 Å². The van der Waals surface area contributed by atoms with Crippen molar-refractivity contribution in [3.63, 3.8) is 0 Å². The van der Waals surface area contributed by atoms with E-state index in [2.05, 4.69) is 47.0 Å². The van der Waals surface area contributed by atoms with Gasteiger partial charge in [0.1, 0.15) is 11.6 Å². The molecule has 0 spiro atoms. The molecule has 29 heavy (non-hydrogen) atoms. The molecule has 0 aliphatic rings. The van der Waals surface area contributed by atoms with Crippen molar-refractivity contribution >= 4 is 0 Å². The summed E-state index contributed by atoms with van der Waals surface area (Å²) in [5.74, 6) is 0.704. The lowest BCUT2D eigenvalue weighted by atomic mass is 10.1. The van der Waals surface area contributed by atoms with Crippen LogP contribution in [0.1, 0.15) is 22.7 Å². The number of methoxy groups -OCH3 is 1. The van der Waals surface area contributed by atoms with E-state index in [0.717, 1.165) is 43.8 Å². The van der Waals surface area contributed by atoms with E-state index in [4.69, 9.17) is 4.74 Å². The summed E-state index contributed by atoms with van der Waals surface area (Å²) in [4.78, 5) is 0. The zero-order valence-electron chi connectivity index (χ0n) is 16.9. The average molecular weight is 393 g/mol. The number of hydrogen-bond acceptors (Lipinski definition) is 3. The van der Waals surface area contributed by atoms with Gasteiger partial charge in [0.15, 0.2) is 0 Å². The SMILES string of the molecule is COc1ccc(CCNCC(NCCc2cccc(F)c2)c2ccccc2)cc1. The monoisotopic (exact) mass is 392 g/mol. The fourth-order valence-electron chi connectivity index (χ4n) is 3.35. The summed E-state index contributed by atoms with van der Waals surface area (Å²) >= 11 is 0. The van der Waals surface area contributed by atoms with Crippen molar-refractivity contribution < 1.29 is 9.13 Å². The highest BCUT2D eigenvalue weighted by Crippen LogP contribution is 2.13. The fraction of sp³-hybridized carbons (Fsp3) is 0.280. The molecular formula is C25H29FN2O. The number of halogens is 1. The summed E-state index contributed by atoms with van der Waals surface area (Å²) in [6.45, 7) is 2.54. The van der Waals surface area contributed by atoms with Crippen molar-refractivity contribution in [2.75, 3.05) is 26.7 Å². The largest absolute Gasteiger partial charge is 0.497 e. The fourth-order valence-corrected chi connectivity index (χ4v) is 3.35. The molecule has 0 aromatic heterocycles. The van der Waals surface area contributed by atoms with Crippen molar-refractivity contribution in [1.29, 1.82) is 0 Å². The predicted octanol–water partition coefficient (Wildman–Crippen LogP) is 4.54. The molecule has 0 radical (unpaired) electrons. The molecule has 0 aliphatic heterocycles. The third-order valence-electron chi connectivity index (χ3n) is 4.99. The minimum Gasteiger partial charge on any atom is -0.497 e. The molecule has 1 atom stereocenters. The van der Waals surface area contributed by atoms with Gasteiger partial charge >= 0.3 is 0 Å². The first-order valence-corrected chi connectivity index (χ1v) is 10.1. The lowest BCUT2D eigenvalue weighted by Gasteiger charge is -2.20. The molecule has 3 aromatic rings. The van der Waals surface area contributed by atoms with Crippen molar-refractivity contribution in [1.82, 2.24) is 10.6 Å². The van der Waals surface area contributed by atoms with Crippen LogP contribution >= 0.6 is 0 Å². The summed E-state index contributed by atoms with van der Waals surface area (Å²) in [7, 11) is 1.68. The second-order valence-electron chi connectivity index (χ2n) is 7.10. The standard InChI is InChI=1S/C25H29FN2O/c1-29-24-12-10-20(11-13-24)14-16-27-19-25(22-7-3-2-4-8-22)28-17-15-21-6-5-9-23(26)18-21/h2-13,18,25,27-28H,14-17,19H2,1H3. The Hall–Kier alpha value is -2.69. The molecule has 3 rings (SSSR count). The van der Waals surface area contributed by atoms with Crippen LogP contribution in [0.4, 0.5) is 4.39 Å². The van der Waals surface area contributed by atoms with Crippen LogP contribution in [0.15, 0.2) is 78.9 Å². The Morgan fingerprint density at radius 1 is 0.828 bits per heavy atom. The first kappa shape index (κ1) is 21.0. The molecule has 0 saturated heterocycles. The lowest BCUT2D eigenvalue weighted by molar-refractivity contribution is 0.414. The maximum Gasteiger partial charge on any atom is 0.123 e. The van der Waals surface area contributed by atoms with Gasteiger partial charge in [-0.05, 0) is 66.9 Å². The van der Waals surface area contributed by atoms with Crippen LogP contribution in [-0.2, 0) is 12.8 Å². The molecule has 3 aromatic carbocycles. The molecule has 1 unspecified atom stereocenters. The highest BCUT2D eigenvalue weighted by molar-refractivity contribution is 5.27. The Bertz CT molecular complexity index is 852. The Labute approximate surface area is 172 Å². The van der Waals surface area contributed by atoms with Gasteiger partial charge in [0.2, 0.25) is 0 Å². The molecule has 0 saturated carbocycles. The van der Waals surface area contributed by atoms with Gasteiger partial charge in [-0.3, -0.25) is 0 Å². The Morgan fingerprint density at radius 2 is 1.59 bits per heavy atom. The van der Waals surface area contributed by atoms with E-state index in [1.165, 1.54) is 17.2 Å². The van der Waals surface area contributed by atoms with Gasteiger partial charge < -0.3 is 15.4 Å². The van der Waals surface area contributed by atoms with Gasteiger partial charge in [-0.1, -0.05) is 54.6 Å². The quantitative estimate of drug-likeness (QED) is 0.470. The maximum absolute atomic E-state index is 13.4. The number of ether oxygens (including phenoxy) is 1. The van der Waals surface area contributed by atoms with Crippen LogP contribution in [0, 0.1) is 5.82 Å². The molecular weight excluding hydrogens is 363 g/mol. The van der Waals surface area contributed by atoms with Crippen LogP contribution in [-0.4, -0.2) is 26.7 Å². The summed E-state index contributed by atoms with van der Waals surface area (Å²) < 4.78 is 18.6. The summed E-state index contributed by atoms with van der Waals surface area (Å²) in [5, 5.41) is 7.18. The van der Waals surface area contributed by atoms with Crippen LogP contribution in [0.25, 0.3) is 0 Å². The number of benzene rings is 3. The topological polar surface area (TPSA) is 33.3 Å². The van der Waals surface area contributed by atoms with Crippen molar-refractivity contribution in [3.05, 3.63) is 101 Å². The zero-order valence-corrected chi connectivity index (χ0v) is 16.9. The molecule has 0 fully saturated rings. The minimum absolute atomic E-state index is 0.178. The van der Waals surface area contributed by atoms with Crippen molar-refractivity contribution in [2.45, 2.75) is 18.9 Å². The van der Waals surface area contributed by atoms with Gasteiger partial charge in [0.25, 0.3) is 0 Å². The minimum atomic E-state index is -0.178. The molecule has 4 heteroatoms. The smallest absolute Gasteiger partial charge is 0.123 e. The number of nitrogens with one attached hydrogen (secondary N) is 2. The van der Waals surface area contributed by atoms with E-state index in [-0.39, 0.29) is 11.9 Å². The van der Waals surface area contributed by atoms with E-state index in [9.17, 15) is 4.39 Å². The lowest BCUT2D eigenvalue weighted by Crippen LogP contribution is -2.33. The predicted molar refractivity (Wildman–Crippen MR) is 117 cm³/mol. The summed E-state index contributed by atoms with van der Waals surface area (Å²) in [6, 6.07) is 25.7. The summed E-state index contributed by atoms with van der Waals surface area (Å²) in [5.41, 5.74) is 3.55. The summed E-state index contributed by atoms with van der Waals surface area (Å²) in [6.07, 6.45) is 1.77. The first-order chi connectivity index (χ1) is 14.2. The third kappa shape index (κ3) is 7.00. The van der Waals surface area contributed by atoms with Gasteiger partial charge in [0.05, 0.1) is 7.11 Å². The molecule has 0 heterocycles. The third-order valence-corrected chi connectivity index (χ3v) is 4.99. The highest BCUT2D eigenvalue weighted by atomic mass is 19.1. The van der Waals surface area contributed by atoms with E-state index in [0.29, 0.717) is 0 Å². The average Bonchev–Trinajstić information content (AvgIpc) is 2.76. The molecule has 2 N–H and O–H groups in total. The Kier molecular flexibility index (Phi) is 8.23. The van der Waals surface area contributed by atoms with E-state index in [1.807, 2.05) is 24.3 Å².